The van der Waals surface area contributed by atoms with E-state index < -0.39 is 17.7 Å². The largest absolute Gasteiger partial charge is 0.478 e. The molecule has 0 spiro atoms. The number of alkyl halides is 3. The summed E-state index contributed by atoms with van der Waals surface area (Å²) in [5.74, 6) is -0.926. The van der Waals surface area contributed by atoms with Crippen molar-refractivity contribution in [3.63, 3.8) is 0 Å². The zero-order valence-electron chi connectivity index (χ0n) is 12.1. The van der Waals surface area contributed by atoms with Crippen molar-refractivity contribution in [3.8, 4) is 11.3 Å². The van der Waals surface area contributed by atoms with Crippen LogP contribution in [0.15, 0.2) is 40.9 Å². The van der Waals surface area contributed by atoms with Gasteiger partial charge >= 0.3 is 12.1 Å². The Hall–Kier alpha value is -2.87. The lowest BCUT2D eigenvalue weighted by molar-refractivity contribution is -0.136. The lowest BCUT2D eigenvalue weighted by atomic mass is 10.0. The van der Waals surface area contributed by atoms with Gasteiger partial charge in [-0.1, -0.05) is 0 Å². The first-order valence-corrected chi connectivity index (χ1v) is 6.83. The van der Waals surface area contributed by atoms with Crippen molar-refractivity contribution in [2.24, 2.45) is 5.73 Å². The molecule has 0 radical (unpaired) electrons. The summed E-state index contributed by atoms with van der Waals surface area (Å²) < 4.78 is 45.1. The van der Waals surface area contributed by atoms with E-state index in [9.17, 15) is 18.0 Å². The Morgan fingerprint density at radius 2 is 2.00 bits per heavy atom. The molecule has 3 aromatic rings. The average Bonchev–Trinajstić information content (AvgIpc) is 2.96. The van der Waals surface area contributed by atoms with E-state index in [1.165, 1.54) is 24.3 Å². The van der Waals surface area contributed by atoms with Crippen LogP contribution in [0.1, 0.15) is 21.7 Å². The number of nitrogens with zero attached hydrogens (tertiary/aromatic N) is 1. The van der Waals surface area contributed by atoms with Gasteiger partial charge in [-0.15, -0.1) is 0 Å². The zero-order valence-corrected chi connectivity index (χ0v) is 12.1. The lowest BCUT2D eigenvalue weighted by Gasteiger charge is -2.10. The smallest absolute Gasteiger partial charge is 0.420 e. The summed E-state index contributed by atoms with van der Waals surface area (Å²) in [5.41, 5.74) is 4.59. The second-order valence-electron chi connectivity index (χ2n) is 5.09. The number of aromatic nitrogens is 1. The fourth-order valence-corrected chi connectivity index (χ4v) is 2.36. The van der Waals surface area contributed by atoms with Crippen molar-refractivity contribution in [3.05, 3.63) is 53.4 Å². The number of aromatic carboxylic acids is 1. The quantitative estimate of drug-likeness (QED) is 0.762. The molecule has 3 rings (SSSR count). The van der Waals surface area contributed by atoms with Crippen LogP contribution in [0.3, 0.4) is 0 Å². The van der Waals surface area contributed by atoms with E-state index in [1.54, 1.807) is 0 Å². The Balaban J connectivity index is 2.19. The molecule has 2 heterocycles. The third kappa shape index (κ3) is 2.83. The Bertz CT molecular complexity index is 915. The van der Waals surface area contributed by atoms with E-state index in [-0.39, 0.29) is 40.1 Å². The van der Waals surface area contributed by atoms with E-state index in [2.05, 4.69) is 4.98 Å². The van der Waals surface area contributed by atoms with Crippen LogP contribution < -0.4 is 5.73 Å². The van der Waals surface area contributed by atoms with Crippen molar-refractivity contribution >= 4 is 16.9 Å². The number of rotatable bonds is 3. The Morgan fingerprint density at radius 3 is 2.54 bits per heavy atom. The summed E-state index contributed by atoms with van der Waals surface area (Å²) in [4.78, 5) is 14.8. The minimum atomic E-state index is -4.61. The number of carboxylic acids is 1. The number of furan rings is 1. The average molecular weight is 336 g/mol. The standard InChI is InChI=1S/C16H11F3N2O3/c17-16(18,19)12-5-9(3-10-4-11(6-20)24-14(10)12)13-2-1-8(7-21-13)15(22)23/h1-5,7H,6,20H2,(H,22,23). The Kier molecular flexibility index (Phi) is 3.76. The summed E-state index contributed by atoms with van der Waals surface area (Å²) in [6.45, 7) is -0.0210. The number of fused-ring (bicyclic) bond motifs is 1. The summed E-state index contributed by atoms with van der Waals surface area (Å²) in [5, 5.41) is 9.11. The van der Waals surface area contributed by atoms with Gasteiger partial charge in [-0.3, -0.25) is 4.98 Å². The predicted molar refractivity (Wildman–Crippen MR) is 79.3 cm³/mol. The van der Waals surface area contributed by atoms with Crippen molar-refractivity contribution < 1.29 is 27.5 Å². The number of carbonyl (C=O) groups is 1. The van der Waals surface area contributed by atoms with Gasteiger partial charge in [-0.2, -0.15) is 13.2 Å². The van der Waals surface area contributed by atoms with Crippen molar-refractivity contribution in [2.45, 2.75) is 12.7 Å². The van der Waals surface area contributed by atoms with Gasteiger partial charge in [0, 0.05) is 17.1 Å². The maximum absolute atomic E-state index is 13.3. The van der Waals surface area contributed by atoms with Gasteiger partial charge in [-0.25, -0.2) is 4.79 Å². The Morgan fingerprint density at radius 1 is 1.25 bits per heavy atom. The van der Waals surface area contributed by atoms with Gasteiger partial charge in [0.1, 0.15) is 11.3 Å². The van der Waals surface area contributed by atoms with Crippen LogP contribution in [0.2, 0.25) is 0 Å². The normalized spacial score (nSPS) is 11.8. The van der Waals surface area contributed by atoms with E-state index >= 15 is 0 Å². The molecule has 0 aliphatic rings. The number of hydrogen-bond donors (Lipinski definition) is 2. The molecular weight excluding hydrogens is 325 g/mol. The van der Waals surface area contributed by atoms with Gasteiger partial charge in [0.25, 0.3) is 0 Å². The molecule has 8 heteroatoms. The van der Waals surface area contributed by atoms with E-state index in [0.29, 0.717) is 0 Å². The second-order valence-corrected chi connectivity index (χ2v) is 5.09. The maximum atomic E-state index is 13.3. The van der Waals surface area contributed by atoms with Crippen LogP contribution in [-0.2, 0) is 12.7 Å². The minimum Gasteiger partial charge on any atom is -0.478 e. The van der Waals surface area contributed by atoms with Crippen LogP contribution in [0, 0.1) is 0 Å². The SMILES string of the molecule is NCc1cc2cc(-c3ccc(C(=O)O)cn3)cc(C(F)(F)F)c2o1. The number of pyridine rings is 1. The van der Waals surface area contributed by atoms with Gasteiger partial charge in [0.15, 0.2) is 0 Å². The number of carboxylic acid groups (broad SMARTS) is 1. The van der Waals surface area contributed by atoms with Gasteiger partial charge in [-0.05, 0) is 30.3 Å². The summed E-state index contributed by atoms with van der Waals surface area (Å²) in [7, 11) is 0. The molecule has 24 heavy (non-hydrogen) atoms. The molecule has 0 aliphatic heterocycles. The number of halogens is 3. The first kappa shape index (κ1) is 16.0. The van der Waals surface area contributed by atoms with Crippen LogP contribution in [0.5, 0.6) is 0 Å². The molecule has 0 aliphatic carbocycles. The number of hydrogen-bond acceptors (Lipinski definition) is 4. The highest BCUT2D eigenvalue weighted by atomic mass is 19.4. The minimum absolute atomic E-state index is 0.0210. The monoisotopic (exact) mass is 336 g/mol. The van der Waals surface area contributed by atoms with Gasteiger partial charge in [0.2, 0.25) is 0 Å². The summed E-state index contributed by atoms with van der Waals surface area (Å²) in [6.07, 6.45) is -3.52. The molecule has 0 saturated carbocycles. The van der Waals surface area contributed by atoms with Crippen LogP contribution in [-0.4, -0.2) is 16.1 Å². The molecule has 0 amide bonds. The molecule has 0 bridgehead atoms. The molecule has 5 nitrogen and oxygen atoms in total. The first-order chi connectivity index (χ1) is 11.3. The molecule has 1 aromatic carbocycles. The van der Waals surface area contributed by atoms with E-state index in [4.69, 9.17) is 15.3 Å². The zero-order chi connectivity index (χ0) is 17.5. The van der Waals surface area contributed by atoms with Crippen LogP contribution >= 0.6 is 0 Å². The predicted octanol–water partition coefficient (Wildman–Crippen LogP) is 3.67. The molecule has 0 unspecified atom stereocenters. The molecule has 2 aromatic heterocycles. The van der Waals surface area contributed by atoms with E-state index in [0.717, 1.165) is 12.3 Å². The van der Waals surface area contributed by atoms with Crippen LogP contribution in [0.25, 0.3) is 22.2 Å². The summed E-state index contributed by atoms with van der Waals surface area (Å²) >= 11 is 0. The maximum Gasteiger partial charge on any atom is 0.420 e. The van der Waals surface area contributed by atoms with Crippen molar-refractivity contribution in [2.75, 3.05) is 0 Å². The molecule has 0 saturated heterocycles. The fraction of sp³-hybridized carbons (Fsp3) is 0.125. The molecule has 0 fully saturated rings. The highest BCUT2D eigenvalue weighted by Crippen LogP contribution is 2.39. The third-order valence-electron chi connectivity index (χ3n) is 3.48. The first-order valence-electron chi connectivity index (χ1n) is 6.83. The number of nitrogens with two attached hydrogens (primary N) is 1. The van der Waals surface area contributed by atoms with Crippen molar-refractivity contribution in [1.29, 1.82) is 0 Å². The second kappa shape index (κ2) is 5.64. The van der Waals surface area contributed by atoms with E-state index in [1.807, 2.05) is 0 Å². The summed E-state index contributed by atoms with van der Waals surface area (Å²) in [6, 6.07) is 6.50. The molecule has 124 valence electrons. The highest BCUT2D eigenvalue weighted by molar-refractivity contribution is 5.89. The molecule has 0 atom stereocenters. The molecular formula is C16H11F3N2O3. The van der Waals surface area contributed by atoms with Crippen molar-refractivity contribution in [1.82, 2.24) is 4.98 Å². The van der Waals surface area contributed by atoms with Gasteiger partial charge < -0.3 is 15.3 Å². The Labute approximate surface area is 133 Å². The lowest BCUT2D eigenvalue weighted by Crippen LogP contribution is -2.06. The van der Waals surface area contributed by atoms with Gasteiger partial charge in [0.05, 0.1) is 23.4 Å². The highest BCUT2D eigenvalue weighted by Gasteiger charge is 2.35. The van der Waals surface area contributed by atoms with Crippen LogP contribution in [0.4, 0.5) is 13.2 Å². The third-order valence-corrected chi connectivity index (χ3v) is 3.48. The fourth-order valence-electron chi connectivity index (χ4n) is 2.36. The topological polar surface area (TPSA) is 89.4 Å². The number of benzene rings is 1. The molecule has 3 N–H and O–H groups in total.